The number of pyridine rings is 1. The number of rotatable bonds is 2. The van der Waals surface area contributed by atoms with Crippen molar-refractivity contribution in [2.24, 2.45) is 5.41 Å². The smallest absolute Gasteiger partial charge is 0.254 e. The van der Waals surface area contributed by atoms with Gasteiger partial charge >= 0.3 is 0 Å². The van der Waals surface area contributed by atoms with E-state index in [4.69, 9.17) is 5.73 Å². The molecule has 1 aromatic rings. The van der Waals surface area contributed by atoms with Crippen molar-refractivity contribution in [3.63, 3.8) is 0 Å². The van der Waals surface area contributed by atoms with E-state index in [1.54, 1.807) is 0 Å². The maximum atomic E-state index is 13.6. The van der Waals surface area contributed by atoms with Gasteiger partial charge in [0, 0.05) is 12.2 Å². The van der Waals surface area contributed by atoms with Crippen LogP contribution in [0.15, 0.2) is 12.3 Å². The molecule has 0 aliphatic carbocycles. The molecule has 0 radical (unpaired) electrons. The summed E-state index contributed by atoms with van der Waals surface area (Å²) in [6.45, 7) is 7.86. The number of amides is 1. The van der Waals surface area contributed by atoms with Crippen LogP contribution in [0.25, 0.3) is 0 Å². The molecule has 5 heteroatoms. The van der Waals surface area contributed by atoms with E-state index in [9.17, 15) is 9.18 Å². The summed E-state index contributed by atoms with van der Waals surface area (Å²) in [6, 6.07) is 1.24. The van der Waals surface area contributed by atoms with Gasteiger partial charge in [-0.3, -0.25) is 4.79 Å². The fourth-order valence-corrected chi connectivity index (χ4v) is 1.13. The Hall–Kier alpha value is -1.65. The van der Waals surface area contributed by atoms with Crippen molar-refractivity contribution >= 4 is 11.7 Å². The molecule has 0 spiro atoms. The first-order chi connectivity index (χ1) is 7.73. The van der Waals surface area contributed by atoms with E-state index in [2.05, 4.69) is 10.3 Å². The van der Waals surface area contributed by atoms with Crippen molar-refractivity contribution < 1.29 is 9.18 Å². The van der Waals surface area contributed by atoms with E-state index in [-0.39, 0.29) is 22.8 Å². The van der Waals surface area contributed by atoms with E-state index < -0.39 is 11.7 Å². The van der Waals surface area contributed by atoms with Gasteiger partial charge in [0.1, 0.15) is 0 Å². The maximum absolute atomic E-state index is 13.6. The standard InChI is InChI=1S/C12H18FN3O/c1-7(12(2,3)4)16-11(17)8-5-6-15-10(14)9(8)13/h5-7H,1-4H3,(H2,14,15)(H,16,17). The third-order valence-electron chi connectivity index (χ3n) is 2.81. The van der Waals surface area contributed by atoms with Crippen LogP contribution in [0.4, 0.5) is 10.2 Å². The van der Waals surface area contributed by atoms with Gasteiger partial charge in [-0.1, -0.05) is 20.8 Å². The van der Waals surface area contributed by atoms with Crippen LogP contribution < -0.4 is 11.1 Å². The molecule has 0 aromatic carbocycles. The number of hydrogen-bond donors (Lipinski definition) is 2. The summed E-state index contributed by atoms with van der Waals surface area (Å²) in [6.07, 6.45) is 1.31. The van der Waals surface area contributed by atoms with Crippen molar-refractivity contribution in [1.29, 1.82) is 0 Å². The molecule has 0 saturated carbocycles. The summed E-state index contributed by atoms with van der Waals surface area (Å²) in [5.41, 5.74) is 5.14. The average Bonchev–Trinajstić information content (AvgIpc) is 2.20. The molecule has 1 unspecified atom stereocenters. The number of aromatic nitrogens is 1. The molecular formula is C12H18FN3O. The lowest BCUT2D eigenvalue weighted by atomic mass is 9.88. The number of carbonyl (C=O) groups is 1. The van der Waals surface area contributed by atoms with Gasteiger partial charge in [-0.05, 0) is 18.4 Å². The third kappa shape index (κ3) is 3.15. The molecule has 1 atom stereocenters. The zero-order valence-electron chi connectivity index (χ0n) is 10.5. The quantitative estimate of drug-likeness (QED) is 0.829. The van der Waals surface area contributed by atoms with E-state index in [1.165, 1.54) is 12.3 Å². The highest BCUT2D eigenvalue weighted by Crippen LogP contribution is 2.19. The minimum absolute atomic E-state index is 0.0754. The van der Waals surface area contributed by atoms with Gasteiger partial charge in [0.2, 0.25) is 0 Å². The Balaban J connectivity index is 2.88. The molecule has 3 N–H and O–H groups in total. The third-order valence-corrected chi connectivity index (χ3v) is 2.81. The highest BCUT2D eigenvalue weighted by atomic mass is 19.1. The molecule has 0 aliphatic rings. The number of anilines is 1. The Labute approximate surface area is 100 Å². The molecule has 94 valence electrons. The predicted octanol–water partition coefficient (Wildman–Crippen LogP) is 1.97. The van der Waals surface area contributed by atoms with Crippen molar-refractivity contribution in [3.05, 3.63) is 23.6 Å². The lowest BCUT2D eigenvalue weighted by molar-refractivity contribution is 0.0906. The normalized spacial score (nSPS) is 13.2. The SMILES string of the molecule is CC(NC(=O)c1ccnc(N)c1F)C(C)(C)C. The van der Waals surface area contributed by atoms with Gasteiger partial charge in [0.05, 0.1) is 5.56 Å². The number of carbonyl (C=O) groups excluding carboxylic acids is 1. The zero-order valence-corrected chi connectivity index (χ0v) is 10.5. The molecule has 1 rings (SSSR count). The summed E-state index contributed by atoms with van der Waals surface area (Å²) in [4.78, 5) is 15.4. The fraction of sp³-hybridized carbons (Fsp3) is 0.500. The lowest BCUT2D eigenvalue weighted by Crippen LogP contribution is -2.41. The van der Waals surface area contributed by atoms with Gasteiger partial charge in [0.25, 0.3) is 5.91 Å². The van der Waals surface area contributed by atoms with Crippen LogP contribution in [0.3, 0.4) is 0 Å². The molecule has 1 aromatic heterocycles. The lowest BCUT2D eigenvalue weighted by Gasteiger charge is -2.28. The Morgan fingerprint density at radius 3 is 2.65 bits per heavy atom. The monoisotopic (exact) mass is 239 g/mol. The fourth-order valence-electron chi connectivity index (χ4n) is 1.13. The van der Waals surface area contributed by atoms with Crippen molar-refractivity contribution in [2.75, 3.05) is 5.73 Å². The zero-order chi connectivity index (χ0) is 13.2. The highest BCUT2D eigenvalue weighted by Gasteiger charge is 2.23. The number of nitrogens with two attached hydrogens (primary N) is 1. The Morgan fingerprint density at radius 1 is 1.53 bits per heavy atom. The van der Waals surface area contributed by atoms with Crippen LogP contribution in [0.2, 0.25) is 0 Å². The minimum atomic E-state index is -0.772. The van der Waals surface area contributed by atoms with E-state index in [0.29, 0.717) is 0 Å². The molecule has 4 nitrogen and oxygen atoms in total. The second-order valence-electron chi connectivity index (χ2n) is 5.12. The Bertz CT molecular complexity index is 426. The highest BCUT2D eigenvalue weighted by molar-refractivity contribution is 5.95. The van der Waals surface area contributed by atoms with Gasteiger partial charge < -0.3 is 11.1 Å². The summed E-state index contributed by atoms with van der Waals surface area (Å²) in [5, 5.41) is 2.74. The Kier molecular flexibility index (Phi) is 3.70. The number of nitrogens with one attached hydrogen (secondary N) is 1. The minimum Gasteiger partial charge on any atom is -0.381 e. The summed E-state index contributed by atoms with van der Waals surface area (Å²) >= 11 is 0. The van der Waals surface area contributed by atoms with Crippen LogP contribution in [0.1, 0.15) is 38.1 Å². The molecule has 0 aliphatic heterocycles. The Morgan fingerprint density at radius 2 is 2.12 bits per heavy atom. The van der Waals surface area contributed by atoms with Crippen molar-refractivity contribution in [2.45, 2.75) is 33.7 Å². The molecule has 0 saturated heterocycles. The van der Waals surface area contributed by atoms with Gasteiger partial charge in [-0.15, -0.1) is 0 Å². The van der Waals surface area contributed by atoms with Gasteiger partial charge in [-0.2, -0.15) is 0 Å². The molecular weight excluding hydrogens is 221 g/mol. The first-order valence-corrected chi connectivity index (χ1v) is 5.44. The van der Waals surface area contributed by atoms with E-state index in [0.717, 1.165) is 0 Å². The van der Waals surface area contributed by atoms with Crippen molar-refractivity contribution in [1.82, 2.24) is 10.3 Å². The number of hydrogen-bond acceptors (Lipinski definition) is 3. The predicted molar refractivity (Wildman–Crippen MR) is 65.0 cm³/mol. The summed E-state index contributed by atoms with van der Waals surface area (Å²) in [5.74, 6) is -1.51. The van der Waals surface area contributed by atoms with Crippen LogP contribution in [-0.2, 0) is 0 Å². The molecule has 17 heavy (non-hydrogen) atoms. The second-order valence-corrected chi connectivity index (χ2v) is 5.12. The van der Waals surface area contributed by atoms with Crippen LogP contribution >= 0.6 is 0 Å². The molecule has 0 bridgehead atoms. The van der Waals surface area contributed by atoms with Crippen molar-refractivity contribution in [3.8, 4) is 0 Å². The van der Waals surface area contributed by atoms with Crippen LogP contribution in [-0.4, -0.2) is 16.9 Å². The van der Waals surface area contributed by atoms with E-state index >= 15 is 0 Å². The summed E-state index contributed by atoms with van der Waals surface area (Å²) < 4.78 is 13.6. The first-order valence-electron chi connectivity index (χ1n) is 5.44. The van der Waals surface area contributed by atoms with E-state index in [1.807, 2.05) is 27.7 Å². The molecule has 1 heterocycles. The second kappa shape index (κ2) is 4.69. The van der Waals surface area contributed by atoms with Gasteiger partial charge in [-0.25, -0.2) is 9.37 Å². The topological polar surface area (TPSA) is 68.0 Å². The maximum Gasteiger partial charge on any atom is 0.254 e. The number of halogens is 1. The number of nitrogen functional groups attached to an aromatic ring is 1. The molecule has 1 amide bonds. The summed E-state index contributed by atoms with van der Waals surface area (Å²) in [7, 11) is 0. The van der Waals surface area contributed by atoms with Crippen LogP contribution in [0.5, 0.6) is 0 Å². The first kappa shape index (κ1) is 13.4. The largest absolute Gasteiger partial charge is 0.381 e. The number of nitrogens with zero attached hydrogens (tertiary/aromatic N) is 1. The van der Waals surface area contributed by atoms with Crippen LogP contribution in [0, 0.1) is 11.2 Å². The van der Waals surface area contributed by atoms with Gasteiger partial charge in [0.15, 0.2) is 11.6 Å². The average molecular weight is 239 g/mol. The molecule has 0 fully saturated rings.